The molecule has 12 heteroatoms. The monoisotopic (exact) mass is 414 g/mol. The van der Waals surface area contributed by atoms with E-state index in [0.717, 1.165) is 23.5 Å². The summed E-state index contributed by atoms with van der Waals surface area (Å²) >= 11 is 5.86. The first-order valence-corrected chi connectivity index (χ1v) is 9.82. The molecule has 3 rings (SSSR count). The number of rotatable bonds is 5. The largest absolute Gasteiger partial charge is 0.462 e. The molecule has 144 valence electrons. The molecule has 1 N–H and O–H groups in total. The Morgan fingerprint density at radius 1 is 1.33 bits per heavy atom. The highest BCUT2D eigenvalue weighted by molar-refractivity contribution is 7.90. The van der Waals surface area contributed by atoms with Gasteiger partial charge in [-0.25, -0.2) is 27.5 Å². The molecule has 0 spiro atoms. The standard InChI is InChI=1S/C15H15ClN4O6S/c1-2-26-12(21)10-5-3-4-6-11(10)27(24,25)18-14(22)20-15(23)19(9-7-8-9)13(16)17-20/h3-6,9H,2,7-8H2,1H3,(H,18,22). The summed E-state index contributed by atoms with van der Waals surface area (Å²) in [5, 5.41) is 3.39. The number of ether oxygens (including phenoxy) is 1. The van der Waals surface area contributed by atoms with Crippen LogP contribution in [0, 0.1) is 0 Å². The van der Waals surface area contributed by atoms with Gasteiger partial charge in [-0.05, 0) is 43.5 Å². The van der Waals surface area contributed by atoms with Crippen molar-refractivity contribution in [1.29, 1.82) is 0 Å². The van der Waals surface area contributed by atoms with Crippen LogP contribution in [0.4, 0.5) is 4.79 Å². The molecule has 27 heavy (non-hydrogen) atoms. The van der Waals surface area contributed by atoms with Crippen molar-refractivity contribution in [3.63, 3.8) is 0 Å². The molecule has 1 fully saturated rings. The zero-order valence-corrected chi connectivity index (χ0v) is 15.7. The van der Waals surface area contributed by atoms with Crippen LogP contribution in [0.3, 0.4) is 0 Å². The second-order valence-corrected chi connectivity index (χ2v) is 7.68. The summed E-state index contributed by atoms with van der Waals surface area (Å²) in [7, 11) is -4.48. The topological polar surface area (TPSA) is 129 Å². The summed E-state index contributed by atoms with van der Waals surface area (Å²) in [4.78, 5) is 36.0. The maximum atomic E-state index is 12.6. The van der Waals surface area contributed by atoms with Crippen LogP contribution in [-0.2, 0) is 14.8 Å². The summed E-state index contributed by atoms with van der Waals surface area (Å²) < 4.78 is 33.1. The molecule has 1 heterocycles. The van der Waals surface area contributed by atoms with E-state index in [1.165, 1.54) is 18.2 Å². The number of carbonyl (C=O) groups is 2. The van der Waals surface area contributed by atoms with Crippen molar-refractivity contribution >= 4 is 33.6 Å². The van der Waals surface area contributed by atoms with Crippen molar-refractivity contribution in [2.24, 2.45) is 0 Å². The number of hydrogen-bond donors (Lipinski definition) is 1. The number of aromatic nitrogens is 3. The van der Waals surface area contributed by atoms with Gasteiger partial charge in [-0.15, -0.1) is 9.78 Å². The second-order valence-electron chi connectivity index (χ2n) is 5.69. The van der Waals surface area contributed by atoms with Gasteiger partial charge in [0.25, 0.3) is 10.0 Å². The van der Waals surface area contributed by atoms with Gasteiger partial charge < -0.3 is 4.74 Å². The third-order valence-corrected chi connectivity index (χ3v) is 5.40. The number of benzene rings is 1. The molecule has 1 amide bonds. The maximum Gasteiger partial charge on any atom is 0.360 e. The SMILES string of the molecule is CCOC(=O)c1ccccc1S(=O)(=O)NC(=O)n1nc(Cl)n(C2CC2)c1=O. The zero-order valence-electron chi connectivity index (χ0n) is 14.1. The second kappa shape index (κ2) is 7.16. The van der Waals surface area contributed by atoms with E-state index < -0.39 is 32.6 Å². The Bertz CT molecular complexity index is 1070. The number of esters is 1. The third-order valence-electron chi connectivity index (χ3n) is 3.77. The predicted molar refractivity (Wildman–Crippen MR) is 93.3 cm³/mol. The van der Waals surface area contributed by atoms with Gasteiger partial charge in [0.2, 0.25) is 5.28 Å². The molecule has 1 aromatic carbocycles. The molecule has 1 aliphatic carbocycles. The van der Waals surface area contributed by atoms with E-state index in [4.69, 9.17) is 16.3 Å². The molecule has 1 saturated carbocycles. The van der Waals surface area contributed by atoms with Gasteiger partial charge in [0.15, 0.2) is 0 Å². The van der Waals surface area contributed by atoms with Crippen LogP contribution in [-0.4, -0.2) is 41.4 Å². The van der Waals surface area contributed by atoms with Crippen LogP contribution >= 0.6 is 11.6 Å². The lowest BCUT2D eigenvalue weighted by Gasteiger charge is -2.10. The van der Waals surface area contributed by atoms with Crippen molar-refractivity contribution in [3.8, 4) is 0 Å². The average Bonchev–Trinajstić information content (AvgIpc) is 3.39. The van der Waals surface area contributed by atoms with Gasteiger partial charge in [0.05, 0.1) is 12.2 Å². The van der Waals surface area contributed by atoms with Crippen LogP contribution in [0.15, 0.2) is 34.0 Å². The van der Waals surface area contributed by atoms with Crippen molar-refractivity contribution in [2.75, 3.05) is 6.61 Å². The maximum absolute atomic E-state index is 12.6. The van der Waals surface area contributed by atoms with Gasteiger partial charge in [-0.1, -0.05) is 12.1 Å². The van der Waals surface area contributed by atoms with Crippen LogP contribution < -0.4 is 10.4 Å². The fourth-order valence-corrected chi connectivity index (χ4v) is 3.83. The molecule has 2 aromatic rings. The average molecular weight is 415 g/mol. The number of hydrogen-bond acceptors (Lipinski definition) is 7. The van der Waals surface area contributed by atoms with E-state index >= 15 is 0 Å². The summed E-state index contributed by atoms with van der Waals surface area (Å²) in [5.74, 6) is -0.857. The summed E-state index contributed by atoms with van der Waals surface area (Å²) in [5.41, 5.74) is -1.08. The quantitative estimate of drug-likeness (QED) is 0.726. The van der Waals surface area contributed by atoms with E-state index in [2.05, 4.69) is 5.10 Å². The normalized spacial score (nSPS) is 14.0. The van der Waals surface area contributed by atoms with Crippen LogP contribution in [0.1, 0.15) is 36.2 Å². The summed E-state index contributed by atoms with van der Waals surface area (Å²) in [6, 6.07) is 3.77. The minimum absolute atomic E-state index is 0.0477. The molecule has 0 radical (unpaired) electrons. The Hall–Kier alpha value is -2.66. The van der Waals surface area contributed by atoms with E-state index in [-0.39, 0.29) is 23.5 Å². The Balaban J connectivity index is 1.92. The fourth-order valence-electron chi connectivity index (χ4n) is 2.42. The van der Waals surface area contributed by atoms with E-state index in [0.29, 0.717) is 4.68 Å². The Labute approximate surface area is 158 Å². The van der Waals surface area contributed by atoms with Crippen molar-refractivity contribution in [3.05, 3.63) is 45.6 Å². The van der Waals surface area contributed by atoms with Crippen molar-refractivity contribution in [1.82, 2.24) is 19.1 Å². The van der Waals surface area contributed by atoms with Gasteiger partial charge in [0, 0.05) is 6.04 Å². The molecule has 0 saturated heterocycles. The molecule has 1 aromatic heterocycles. The molecule has 0 aliphatic heterocycles. The molecule has 0 unspecified atom stereocenters. The van der Waals surface area contributed by atoms with Crippen molar-refractivity contribution in [2.45, 2.75) is 30.7 Å². The van der Waals surface area contributed by atoms with Crippen LogP contribution in [0.25, 0.3) is 0 Å². The lowest BCUT2D eigenvalue weighted by atomic mass is 10.2. The van der Waals surface area contributed by atoms with Gasteiger partial charge in [0.1, 0.15) is 4.90 Å². The zero-order chi connectivity index (χ0) is 19.8. The van der Waals surface area contributed by atoms with Gasteiger partial charge in [-0.3, -0.25) is 4.57 Å². The van der Waals surface area contributed by atoms with Gasteiger partial charge in [-0.2, -0.15) is 0 Å². The number of nitrogens with one attached hydrogen (secondary N) is 1. The lowest BCUT2D eigenvalue weighted by molar-refractivity contribution is 0.0521. The molecule has 1 aliphatic rings. The fraction of sp³-hybridized carbons (Fsp3) is 0.333. The van der Waals surface area contributed by atoms with Crippen LogP contribution in [0.2, 0.25) is 5.28 Å². The molecular formula is C15H15ClN4O6S. The van der Waals surface area contributed by atoms with E-state index in [1.807, 2.05) is 0 Å². The molecule has 0 atom stereocenters. The summed E-state index contributed by atoms with van der Waals surface area (Å²) in [6.45, 7) is 1.62. The predicted octanol–water partition coefficient (Wildman–Crippen LogP) is 1.16. The molecule has 0 bridgehead atoms. The number of carbonyl (C=O) groups excluding carboxylic acids is 2. The minimum atomic E-state index is -4.48. The molecule has 10 nitrogen and oxygen atoms in total. The first kappa shape index (κ1) is 19.1. The Kier molecular flexibility index (Phi) is 5.07. The molecular weight excluding hydrogens is 400 g/mol. The number of sulfonamides is 1. The van der Waals surface area contributed by atoms with E-state index in [9.17, 15) is 22.8 Å². The lowest BCUT2D eigenvalue weighted by Crippen LogP contribution is -2.41. The first-order valence-electron chi connectivity index (χ1n) is 7.96. The highest BCUT2D eigenvalue weighted by atomic mass is 35.5. The highest BCUT2D eigenvalue weighted by Crippen LogP contribution is 2.35. The minimum Gasteiger partial charge on any atom is -0.462 e. The number of nitrogens with zero attached hydrogens (tertiary/aromatic N) is 3. The highest BCUT2D eigenvalue weighted by Gasteiger charge is 2.32. The Morgan fingerprint density at radius 3 is 2.63 bits per heavy atom. The van der Waals surface area contributed by atoms with Crippen molar-refractivity contribution < 1.29 is 22.7 Å². The Morgan fingerprint density at radius 2 is 2.00 bits per heavy atom. The summed E-state index contributed by atoms with van der Waals surface area (Å²) in [6.07, 6.45) is 1.44. The number of amides is 1. The van der Waals surface area contributed by atoms with Gasteiger partial charge >= 0.3 is 17.7 Å². The smallest absolute Gasteiger partial charge is 0.360 e. The number of halogens is 1. The first-order chi connectivity index (χ1) is 12.8. The third kappa shape index (κ3) is 3.74. The van der Waals surface area contributed by atoms with E-state index in [1.54, 1.807) is 11.6 Å². The van der Waals surface area contributed by atoms with Crippen LogP contribution in [0.5, 0.6) is 0 Å².